The van der Waals surface area contributed by atoms with Gasteiger partial charge in [-0.15, -0.1) is 0 Å². The van der Waals surface area contributed by atoms with Gasteiger partial charge in [-0.1, -0.05) is 43.3 Å². The van der Waals surface area contributed by atoms with Crippen molar-refractivity contribution in [3.05, 3.63) is 72.3 Å². The number of carbonyl (C=O) groups is 1. The standard InChI is InChI=1S/C24H26N4OS/c1-2-27-14-16-28(17-15-27)20-12-10-19(11-13-20)25-24(30)26-23(29)22-9-5-7-18-6-3-4-8-21(18)22/h3-13H,2,14-17H2,1H3,(H2,25,26,29,30). The molecule has 1 aliphatic heterocycles. The number of likely N-dealkylation sites (N-methyl/N-ethyl adjacent to an activating group) is 1. The lowest BCUT2D eigenvalue weighted by atomic mass is 10.0. The minimum Gasteiger partial charge on any atom is -0.369 e. The van der Waals surface area contributed by atoms with Gasteiger partial charge in [0.05, 0.1) is 0 Å². The van der Waals surface area contributed by atoms with E-state index < -0.39 is 0 Å². The SMILES string of the molecule is CCN1CCN(c2ccc(NC(=S)NC(=O)c3cccc4ccccc34)cc2)CC1. The predicted octanol–water partition coefficient (Wildman–Crippen LogP) is 4.11. The highest BCUT2D eigenvalue weighted by atomic mass is 32.1. The molecule has 154 valence electrons. The fourth-order valence-electron chi connectivity index (χ4n) is 3.83. The smallest absolute Gasteiger partial charge is 0.258 e. The van der Waals surface area contributed by atoms with Gasteiger partial charge < -0.3 is 15.1 Å². The van der Waals surface area contributed by atoms with Crippen LogP contribution in [0.4, 0.5) is 11.4 Å². The van der Waals surface area contributed by atoms with Crippen molar-refractivity contribution in [1.82, 2.24) is 10.2 Å². The zero-order chi connectivity index (χ0) is 20.9. The number of benzene rings is 3. The number of fused-ring (bicyclic) bond motifs is 1. The maximum absolute atomic E-state index is 12.7. The Morgan fingerprint density at radius 2 is 1.63 bits per heavy atom. The van der Waals surface area contributed by atoms with Crippen LogP contribution in [-0.4, -0.2) is 48.6 Å². The Hall–Kier alpha value is -2.96. The van der Waals surface area contributed by atoms with Gasteiger partial charge in [-0.05, 0) is 59.9 Å². The number of hydrogen-bond acceptors (Lipinski definition) is 4. The van der Waals surface area contributed by atoms with E-state index in [1.54, 1.807) is 0 Å². The number of nitrogens with zero attached hydrogens (tertiary/aromatic N) is 2. The Kier molecular flexibility index (Phi) is 6.26. The van der Waals surface area contributed by atoms with Crippen LogP contribution in [0.2, 0.25) is 0 Å². The van der Waals surface area contributed by atoms with E-state index >= 15 is 0 Å². The lowest BCUT2D eigenvalue weighted by Gasteiger charge is -2.35. The number of amides is 1. The highest BCUT2D eigenvalue weighted by Gasteiger charge is 2.16. The van der Waals surface area contributed by atoms with Gasteiger partial charge in [-0.2, -0.15) is 0 Å². The first-order chi connectivity index (χ1) is 14.6. The lowest BCUT2D eigenvalue weighted by Crippen LogP contribution is -2.46. The van der Waals surface area contributed by atoms with E-state index in [1.807, 2.05) is 54.6 Å². The molecular formula is C24H26N4OS. The van der Waals surface area contributed by atoms with Gasteiger partial charge in [-0.25, -0.2) is 0 Å². The normalized spacial score (nSPS) is 14.5. The van der Waals surface area contributed by atoms with Crippen molar-refractivity contribution in [2.24, 2.45) is 0 Å². The molecule has 0 aliphatic carbocycles. The van der Waals surface area contributed by atoms with Crippen molar-refractivity contribution < 1.29 is 4.79 Å². The molecule has 0 aromatic heterocycles. The van der Waals surface area contributed by atoms with Crippen LogP contribution in [0.5, 0.6) is 0 Å². The summed E-state index contributed by atoms with van der Waals surface area (Å²) in [6.07, 6.45) is 0. The summed E-state index contributed by atoms with van der Waals surface area (Å²) in [4.78, 5) is 17.6. The average Bonchev–Trinajstić information content (AvgIpc) is 2.79. The highest BCUT2D eigenvalue weighted by Crippen LogP contribution is 2.20. The molecule has 0 radical (unpaired) electrons. The van der Waals surface area contributed by atoms with Crippen LogP contribution in [-0.2, 0) is 0 Å². The van der Waals surface area contributed by atoms with Crippen LogP contribution in [0.25, 0.3) is 10.8 Å². The Balaban J connectivity index is 1.36. The fraction of sp³-hybridized carbons (Fsp3) is 0.250. The topological polar surface area (TPSA) is 47.6 Å². The second-order valence-corrected chi connectivity index (χ2v) is 7.81. The van der Waals surface area contributed by atoms with E-state index in [0.29, 0.717) is 5.56 Å². The van der Waals surface area contributed by atoms with Crippen molar-refractivity contribution in [3.8, 4) is 0 Å². The summed E-state index contributed by atoms with van der Waals surface area (Å²) >= 11 is 5.36. The molecule has 0 saturated carbocycles. The molecule has 0 bridgehead atoms. The first-order valence-electron chi connectivity index (χ1n) is 10.3. The summed E-state index contributed by atoms with van der Waals surface area (Å²) in [5.41, 5.74) is 2.68. The number of hydrogen-bond donors (Lipinski definition) is 2. The molecule has 0 spiro atoms. The van der Waals surface area contributed by atoms with E-state index in [1.165, 1.54) is 5.69 Å². The predicted molar refractivity (Wildman–Crippen MR) is 128 cm³/mol. The van der Waals surface area contributed by atoms with E-state index in [9.17, 15) is 4.79 Å². The van der Waals surface area contributed by atoms with E-state index in [-0.39, 0.29) is 11.0 Å². The van der Waals surface area contributed by atoms with Crippen LogP contribution in [0.3, 0.4) is 0 Å². The minimum absolute atomic E-state index is 0.213. The molecule has 0 atom stereocenters. The summed E-state index contributed by atoms with van der Waals surface area (Å²) in [7, 11) is 0. The number of carbonyl (C=O) groups excluding carboxylic acids is 1. The third-order valence-electron chi connectivity index (χ3n) is 5.57. The van der Waals surface area contributed by atoms with Crippen LogP contribution < -0.4 is 15.5 Å². The summed E-state index contributed by atoms with van der Waals surface area (Å²) in [6, 6.07) is 21.7. The zero-order valence-corrected chi connectivity index (χ0v) is 17.9. The minimum atomic E-state index is -0.213. The second kappa shape index (κ2) is 9.24. The van der Waals surface area contributed by atoms with Gasteiger partial charge in [0.2, 0.25) is 0 Å². The number of nitrogens with one attached hydrogen (secondary N) is 2. The quantitative estimate of drug-likeness (QED) is 0.625. The summed E-state index contributed by atoms with van der Waals surface area (Å²) in [5.74, 6) is -0.213. The van der Waals surface area contributed by atoms with Crippen molar-refractivity contribution in [1.29, 1.82) is 0 Å². The van der Waals surface area contributed by atoms with E-state index in [2.05, 4.69) is 39.5 Å². The van der Waals surface area contributed by atoms with Crippen LogP contribution in [0.1, 0.15) is 17.3 Å². The van der Waals surface area contributed by atoms with Gasteiger partial charge in [0, 0.05) is 43.1 Å². The molecule has 30 heavy (non-hydrogen) atoms. The largest absolute Gasteiger partial charge is 0.369 e. The molecule has 5 nitrogen and oxygen atoms in total. The van der Waals surface area contributed by atoms with Crippen molar-refractivity contribution in [2.75, 3.05) is 42.9 Å². The number of anilines is 2. The number of piperazine rings is 1. The monoisotopic (exact) mass is 418 g/mol. The molecule has 2 N–H and O–H groups in total. The molecule has 0 unspecified atom stereocenters. The molecule has 1 heterocycles. The Morgan fingerprint density at radius 3 is 2.37 bits per heavy atom. The molecule has 1 amide bonds. The lowest BCUT2D eigenvalue weighted by molar-refractivity contribution is 0.0979. The third-order valence-corrected chi connectivity index (χ3v) is 5.78. The van der Waals surface area contributed by atoms with Crippen molar-refractivity contribution in [3.63, 3.8) is 0 Å². The van der Waals surface area contributed by atoms with Gasteiger partial charge in [0.25, 0.3) is 5.91 Å². The number of thiocarbonyl (C=S) groups is 1. The van der Waals surface area contributed by atoms with Gasteiger partial charge in [0.1, 0.15) is 0 Å². The average molecular weight is 419 g/mol. The van der Waals surface area contributed by atoms with Gasteiger partial charge >= 0.3 is 0 Å². The summed E-state index contributed by atoms with van der Waals surface area (Å²) < 4.78 is 0. The first kappa shape index (κ1) is 20.3. The molecule has 3 aromatic carbocycles. The molecule has 1 fully saturated rings. The Labute approximate surface area is 182 Å². The first-order valence-corrected chi connectivity index (χ1v) is 10.7. The number of rotatable bonds is 4. The maximum Gasteiger partial charge on any atom is 0.258 e. The summed E-state index contributed by atoms with van der Waals surface area (Å²) in [6.45, 7) is 7.60. The summed E-state index contributed by atoms with van der Waals surface area (Å²) in [5, 5.41) is 8.13. The molecule has 6 heteroatoms. The third kappa shape index (κ3) is 4.61. The van der Waals surface area contributed by atoms with Gasteiger partial charge in [0.15, 0.2) is 5.11 Å². The Bertz CT molecular complexity index is 1040. The van der Waals surface area contributed by atoms with E-state index in [4.69, 9.17) is 12.2 Å². The Morgan fingerprint density at radius 1 is 0.933 bits per heavy atom. The molecule has 3 aromatic rings. The highest BCUT2D eigenvalue weighted by molar-refractivity contribution is 7.80. The molecule has 1 saturated heterocycles. The molecule has 1 aliphatic rings. The fourth-order valence-corrected chi connectivity index (χ4v) is 4.04. The molecule has 4 rings (SSSR count). The van der Waals surface area contributed by atoms with Gasteiger partial charge in [-0.3, -0.25) is 10.1 Å². The van der Waals surface area contributed by atoms with Crippen LogP contribution in [0.15, 0.2) is 66.7 Å². The van der Waals surface area contributed by atoms with Crippen molar-refractivity contribution >= 4 is 45.4 Å². The van der Waals surface area contributed by atoms with Crippen LogP contribution in [0, 0.1) is 0 Å². The van der Waals surface area contributed by atoms with E-state index in [0.717, 1.165) is 49.2 Å². The van der Waals surface area contributed by atoms with Crippen LogP contribution >= 0.6 is 12.2 Å². The maximum atomic E-state index is 12.7. The van der Waals surface area contributed by atoms with Crippen molar-refractivity contribution in [2.45, 2.75) is 6.92 Å². The molecular weight excluding hydrogens is 392 g/mol. The zero-order valence-electron chi connectivity index (χ0n) is 17.1. The second-order valence-electron chi connectivity index (χ2n) is 7.40.